The second kappa shape index (κ2) is 11.0. The minimum Gasteiger partial charge on any atom is -0.497 e. The molecule has 0 spiro atoms. The molecular formula is C24H20ClN5O4S. The number of carbonyl (C=O) groups is 1. The van der Waals surface area contributed by atoms with Gasteiger partial charge in [0.2, 0.25) is 0 Å². The Balaban J connectivity index is 1.58. The summed E-state index contributed by atoms with van der Waals surface area (Å²) in [5.74, 6) is 1.55. The van der Waals surface area contributed by atoms with E-state index in [1.165, 1.54) is 23.9 Å². The molecule has 11 heteroatoms. The van der Waals surface area contributed by atoms with E-state index in [0.29, 0.717) is 33.0 Å². The molecule has 0 aliphatic carbocycles. The first-order valence-electron chi connectivity index (χ1n) is 10.4. The van der Waals surface area contributed by atoms with Crippen LogP contribution in [0.3, 0.4) is 0 Å². The number of nitro groups is 1. The minimum absolute atomic E-state index is 0.0231. The van der Waals surface area contributed by atoms with Crippen LogP contribution in [-0.4, -0.2) is 32.7 Å². The number of non-ortho nitro benzene ring substituents is 1. The Morgan fingerprint density at radius 2 is 1.86 bits per heavy atom. The van der Waals surface area contributed by atoms with Gasteiger partial charge in [-0.15, -0.1) is 10.2 Å². The maximum Gasteiger partial charge on any atom is 0.269 e. The molecule has 9 nitrogen and oxygen atoms in total. The van der Waals surface area contributed by atoms with Gasteiger partial charge in [0.05, 0.1) is 18.6 Å². The largest absolute Gasteiger partial charge is 0.497 e. The molecular weight excluding hydrogens is 490 g/mol. The summed E-state index contributed by atoms with van der Waals surface area (Å²) < 4.78 is 7.06. The number of hydrogen-bond donors (Lipinski definition) is 1. The third-order valence-corrected chi connectivity index (χ3v) is 6.29. The zero-order valence-electron chi connectivity index (χ0n) is 18.6. The molecule has 0 saturated heterocycles. The second-order valence-corrected chi connectivity index (χ2v) is 8.72. The molecule has 0 saturated carbocycles. The molecule has 4 aromatic rings. The van der Waals surface area contributed by atoms with Crippen LogP contribution in [0, 0.1) is 10.1 Å². The van der Waals surface area contributed by atoms with Crippen LogP contribution in [0.4, 0.5) is 5.69 Å². The first-order chi connectivity index (χ1) is 16.9. The summed E-state index contributed by atoms with van der Waals surface area (Å²) in [5, 5.41) is 23.6. The quantitative estimate of drug-likeness (QED) is 0.190. The van der Waals surface area contributed by atoms with Gasteiger partial charge in [-0.25, -0.2) is 0 Å². The van der Waals surface area contributed by atoms with E-state index >= 15 is 0 Å². The van der Waals surface area contributed by atoms with E-state index in [1.54, 1.807) is 48.1 Å². The van der Waals surface area contributed by atoms with Crippen molar-refractivity contribution in [2.45, 2.75) is 17.5 Å². The Hall–Kier alpha value is -3.89. The van der Waals surface area contributed by atoms with E-state index < -0.39 is 4.92 Å². The van der Waals surface area contributed by atoms with E-state index in [1.807, 2.05) is 24.3 Å². The molecule has 0 atom stereocenters. The fourth-order valence-electron chi connectivity index (χ4n) is 3.26. The molecule has 0 aliphatic heterocycles. The van der Waals surface area contributed by atoms with Crippen molar-refractivity contribution in [3.8, 4) is 11.4 Å². The average Bonchev–Trinajstić information content (AvgIpc) is 3.29. The lowest BCUT2D eigenvalue weighted by Crippen LogP contribution is -2.24. The number of halogens is 1. The molecule has 4 rings (SSSR count). The molecule has 0 radical (unpaired) electrons. The topological polar surface area (TPSA) is 112 Å². The Morgan fingerprint density at radius 3 is 2.54 bits per heavy atom. The van der Waals surface area contributed by atoms with Gasteiger partial charge in [-0.2, -0.15) is 0 Å². The molecule has 1 N–H and O–H groups in total. The van der Waals surface area contributed by atoms with Crippen LogP contribution < -0.4 is 10.1 Å². The Labute approximate surface area is 210 Å². The number of benzene rings is 3. The van der Waals surface area contributed by atoms with Gasteiger partial charge < -0.3 is 10.1 Å². The number of nitro benzene ring substituents is 1. The van der Waals surface area contributed by atoms with E-state index in [0.717, 1.165) is 11.3 Å². The third kappa shape index (κ3) is 5.97. The van der Waals surface area contributed by atoms with Crippen LogP contribution in [0.2, 0.25) is 5.02 Å². The number of amides is 1. The van der Waals surface area contributed by atoms with Crippen molar-refractivity contribution in [2.75, 3.05) is 7.11 Å². The lowest BCUT2D eigenvalue weighted by Gasteiger charge is -2.11. The Kier molecular flexibility index (Phi) is 7.64. The highest BCUT2D eigenvalue weighted by atomic mass is 35.5. The van der Waals surface area contributed by atoms with E-state index in [9.17, 15) is 14.9 Å². The zero-order chi connectivity index (χ0) is 24.8. The standard InChI is InChI=1S/C24H20ClN5O4S/c1-34-21-4-2-3-16(13-21)15-35-24-28-27-22(14-26-23(31)17-5-7-18(25)8-6-17)29(24)19-9-11-20(12-10-19)30(32)33/h2-13H,14-15H2,1H3,(H,26,31). The highest BCUT2D eigenvalue weighted by Crippen LogP contribution is 2.27. The normalized spacial score (nSPS) is 10.7. The lowest BCUT2D eigenvalue weighted by molar-refractivity contribution is -0.384. The molecule has 0 fully saturated rings. The predicted octanol–water partition coefficient (Wildman–Crippen LogP) is 5.06. The fourth-order valence-corrected chi connectivity index (χ4v) is 4.30. The summed E-state index contributed by atoms with van der Waals surface area (Å²) in [7, 11) is 1.61. The van der Waals surface area contributed by atoms with Crippen molar-refractivity contribution in [1.29, 1.82) is 0 Å². The van der Waals surface area contributed by atoms with Gasteiger partial charge in [0.1, 0.15) is 5.75 Å². The molecule has 1 amide bonds. The van der Waals surface area contributed by atoms with Gasteiger partial charge in [-0.05, 0) is 54.1 Å². The Bertz CT molecular complexity index is 1340. The molecule has 1 aromatic heterocycles. The molecule has 3 aromatic carbocycles. The molecule has 1 heterocycles. The van der Waals surface area contributed by atoms with Crippen molar-refractivity contribution in [2.24, 2.45) is 0 Å². The summed E-state index contributed by atoms with van der Waals surface area (Å²) in [6.07, 6.45) is 0. The number of carbonyl (C=O) groups excluding carboxylic acids is 1. The smallest absolute Gasteiger partial charge is 0.269 e. The van der Waals surface area contributed by atoms with Crippen LogP contribution in [0.15, 0.2) is 78.0 Å². The van der Waals surface area contributed by atoms with Crippen LogP contribution in [0.25, 0.3) is 5.69 Å². The van der Waals surface area contributed by atoms with Crippen LogP contribution in [0.5, 0.6) is 5.75 Å². The predicted molar refractivity (Wildman–Crippen MR) is 133 cm³/mol. The van der Waals surface area contributed by atoms with Crippen LogP contribution >= 0.6 is 23.4 Å². The van der Waals surface area contributed by atoms with Gasteiger partial charge in [0.25, 0.3) is 11.6 Å². The summed E-state index contributed by atoms with van der Waals surface area (Å²) in [6, 6.07) is 20.3. The first-order valence-corrected chi connectivity index (χ1v) is 11.8. The van der Waals surface area contributed by atoms with Gasteiger partial charge in [-0.1, -0.05) is 35.5 Å². The number of thioether (sulfide) groups is 1. The Morgan fingerprint density at radius 1 is 1.11 bits per heavy atom. The number of ether oxygens (including phenoxy) is 1. The third-order valence-electron chi connectivity index (χ3n) is 5.03. The van der Waals surface area contributed by atoms with Crippen molar-refractivity contribution >= 4 is 35.0 Å². The number of aromatic nitrogens is 3. The van der Waals surface area contributed by atoms with Crippen LogP contribution in [-0.2, 0) is 12.3 Å². The number of nitrogens with zero attached hydrogens (tertiary/aromatic N) is 4. The van der Waals surface area contributed by atoms with Crippen molar-refractivity contribution < 1.29 is 14.5 Å². The van der Waals surface area contributed by atoms with Gasteiger partial charge in [0.15, 0.2) is 11.0 Å². The first kappa shape index (κ1) is 24.2. The molecule has 35 heavy (non-hydrogen) atoms. The number of rotatable bonds is 9. The zero-order valence-corrected chi connectivity index (χ0v) is 20.1. The molecule has 0 bridgehead atoms. The van der Waals surface area contributed by atoms with Crippen molar-refractivity contribution in [1.82, 2.24) is 20.1 Å². The van der Waals surface area contributed by atoms with E-state index in [-0.39, 0.29) is 18.1 Å². The monoisotopic (exact) mass is 509 g/mol. The van der Waals surface area contributed by atoms with E-state index in [2.05, 4.69) is 15.5 Å². The van der Waals surface area contributed by atoms with Crippen molar-refractivity contribution in [3.05, 3.63) is 105 Å². The second-order valence-electron chi connectivity index (χ2n) is 7.34. The lowest BCUT2D eigenvalue weighted by atomic mass is 10.2. The summed E-state index contributed by atoms with van der Waals surface area (Å²) >= 11 is 7.35. The minimum atomic E-state index is -0.457. The van der Waals surface area contributed by atoms with E-state index in [4.69, 9.17) is 16.3 Å². The maximum absolute atomic E-state index is 12.6. The summed E-state index contributed by atoms with van der Waals surface area (Å²) in [4.78, 5) is 23.2. The molecule has 0 aliphatic rings. The van der Waals surface area contributed by atoms with Gasteiger partial charge >= 0.3 is 0 Å². The maximum atomic E-state index is 12.6. The number of hydrogen-bond acceptors (Lipinski definition) is 7. The van der Waals surface area contributed by atoms with Gasteiger partial charge in [0, 0.05) is 34.2 Å². The van der Waals surface area contributed by atoms with Crippen molar-refractivity contribution in [3.63, 3.8) is 0 Å². The number of nitrogens with one attached hydrogen (secondary N) is 1. The SMILES string of the molecule is COc1cccc(CSc2nnc(CNC(=O)c3ccc(Cl)cc3)n2-c2ccc([N+](=O)[O-])cc2)c1. The number of methoxy groups -OCH3 is 1. The highest BCUT2D eigenvalue weighted by Gasteiger charge is 2.17. The van der Waals surface area contributed by atoms with Crippen LogP contribution in [0.1, 0.15) is 21.7 Å². The average molecular weight is 510 g/mol. The summed E-state index contributed by atoms with van der Waals surface area (Å²) in [5.41, 5.74) is 2.11. The molecule has 178 valence electrons. The summed E-state index contributed by atoms with van der Waals surface area (Å²) in [6.45, 7) is 0.102. The molecule has 0 unspecified atom stereocenters. The van der Waals surface area contributed by atoms with Gasteiger partial charge in [-0.3, -0.25) is 19.5 Å². The highest BCUT2D eigenvalue weighted by molar-refractivity contribution is 7.98. The fraction of sp³-hybridized carbons (Fsp3) is 0.125.